The van der Waals surface area contributed by atoms with Crippen molar-refractivity contribution in [3.05, 3.63) is 59.7 Å². The van der Waals surface area contributed by atoms with Gasteiger partial charge >= 0.3 is 5.97 Å². The lowest BCUT2D eigenvalue weighted by Gasteiger charge is -2.39. The summed E-state index contributed by atoms with van der Waals surface area (Å²) in [6.07, 6.45) is -7.35. The highest BCUT2D eigenvalue weighted by Crippen LogP contribution is 2.32. The molecule has 0 aliphatic carbocycles. The predicted octanol–water partition coefficient (Wildman–Crippen LogP) is 0.231. The molecule has 0 unspecified atom stereocenters. The van der Waals surface area contributed by atoms with E-state index in [4.69, 9.17) is 18.9 Å². The predicted molar refractivity (Wildman–Crippen MR) is 103 cm³/mol. The standard InChI is InChI=1S/C21H24O9/c1-27-13-8-5-9-14(16(13)20(26)28-11-12-6-3-2-4-7-12)29-21-19(25)18(24)17(23)15(10-22)30-21/h2-9,15,17-19,21-25H,10-11H2,1H3/t15-,17-,18+,19-,21-/m1/s1. The largest absolute Gasteiger partial charge is 0.496 e. The molecule has 1 aliphatic heterocycles. The van der Waals surface area contributed by atoms with Crippen LogP contribution in [-0.2, 0) is 16.1 Å². The summed E-state index contributed by atoms with van der Waals surface area (Å²) in [6.45, 7) is -0.577. The van der Waals surface area contributed by atoms with Gasteiger partial charge < -0.3 is 39.4 Å². The van der Waals surface area contributed by atoms with Gasteiger partial charge in [0.25, 0.3) is 0 Å². The van der Waals surface area contributed by atoms with Crippen molar-refractivity contribution in [1.82, 2.24) is 0 Å². The molecule has 162 valence electrons. The Kier molecular flexibility index (Phi) is 7.24. The highest BCUT2D eigenvalue weighted by atomic mass is 16.7. The molecule has 5 atom stereocenters. The lowest BCUT2D eigenvalue weighted by atomic mass is 9.99. The van der Waals surface area contributed by atoms with Crippen LogP contribution in [-0.4, -0.2) is 70.8 Å². The molecule has 0 aromatic heterocycles. The van der Waals surface area contributed by atoms with E-state index in [0.717, 1.165) is 5.56 Å². The molecule has 1 heterocycles. The summed E-state index contributed by atoms with van der Waals surface area (Å²) in [6, 6.07) is 13.6. The average molecular weight is 420 g/mol. The molecule has 30 heavy (non-hydrogen) atoms. The van der Waals surface area contributed by atoms with Crippen molar-refractivity contribution in [2.24, 2.45) is 0 Å². The third-order valence-electron chi connectivity index (χ3n) is 4.72. The second-order valence-corrected chi connectivity index (χ2v) is 6.71. The summed E-state index contributed by atoms with van der Waals surface area (Å²) in [5.74, 6) is -0.567. The Morgan fingerprint density at radius 1 is 0.967 bits per heavy atom. The summed E-state index contributed by atoms with van der Waals surface area (Å²) in [4.78, 5) is 12.8. The number of methoxy groups -OCH3 is 1. The zero-order chi connectivity index (χ0) is 21.7. The van der Waals surface area contributed by atoms with Gasteiger partial charge in [-0.1, -0.05) is 36.4 Å². The number of benzene rings is 2. The van der Waals surface area contributed by atoms with Crippen LogP contribution >= 0.6 is 0 Å². The number of esters is 1. The van der Waals surface area contributed by atoms with Crippen molar-refractivity contribution in [2.45, 2.75) is 37.3 Å². The maximum Gasteiger partial charge on any atom is 0.346 e. The molecule has 1 fully saturated rings. The molecule has 2 aromatic carbocycles. The molecule has 0 amide bonds. The number of aliphatic hydroxyl groups is 4. The van der Waals surface area contributed by atoms with E-state index >= 15 is 0 Å². The first-order valence-electron chi connectivity index (χ1n) is 9.31. The summed E-state index contributed by atoms with van der Waals surface area (Å²) >= 11 is 0. The Morgan fingerprint density at radius 2 is 1.67 bits per heavy atom. The van der Waals surface area contributed by atoms with Crippen LogP contribution in [0.1, 0.15) is 15.9 Å². The second-order valence-electron chi connectivity index (χ2n) is 6.71. The van der Waals surface area contributed by atoms with Gasteiger partial charge in [0.2, 0.25) is 6.29 Å². The van der Waals surface area contributed by atoms with Crippen LogP contribution < -0.4 is 9.47 Å². The zero-order valence-electron chi connectivity index (χ0n) is 16.2. The Balaban J connectivity index is 1.82. The molecule has 4 N–H and O–H groups in total. The molecule has 3 rings (SSSR count). The summed E-state index contributed by atoms with van der Waals surface area (Å²) in [5, 5.41) is 39.4. The SMILES string of the molecule is COc1cccc(O[C@@H]2O[C@H](CO)[C@@H](O)[C@H](O)[C@H]2O)c1C(=O)OCc1ccccc1. The van der Waals surface area contributed by atoms with E-state index in [0.29, 0.717) is 0 Å². The third-order valence-corrected chi connectivity index (χ3v) is 4.72. The van der Waals surface area contributed by atoms with Gasteiger partial charge in [0, 0.05) is 0 Å². The molecule has 2 aromatic rings. The van der Waals surface area contributed by atoms with Gasteiger partial charge in [-0.2, -0.15) is 0 Å². The van der Waals surface area contributed by atoms with Gasteiger partial charge in [-0.3, -0.25) is 0 Å². The summed E-state index contributed by atoms with van der Waals surface area (Å²) in [5.41, 5.74) is 0.755. The fraction of sp³-hybridized carbons (Fsp3) is 0.381. The Hall–Kier alpha value is -2.69. The van der Waals surface area contributed by atoms with Crippen LogP contribution in [0.4, 0.5) is 0 Å². The zero-order valence-corrected chi connectivity index (χ0v) is 16.2. The van der Waals surface area contributed by atoms with Crippen LogP contribution in [0.5, 0.6) is 11.5 Å². The summed E-state index contributed by atoms with van der Waals surface area (Å²) in [7, 11) is 1.38. The molecule has 0 spiro atoms. The van der Waals surface area contributed by atoms with Gasteiger partial charge in [0.1, 0.15) is 48.1 Å². The van der Waals surface area contributed by atoms with Crippen molar-refractivity contribution in [2.75, 3.05) is 13.7 Å². The molecule has 1 aliphatic rings. The molecule has 0 bridgehead atoms. The monoisotopic (exact) mass is 420 g/mol. The van der Waals surface area contributed by atoms with Gasteiger partial charge in [0.05, 0.1) is 13.7 Å². The number of ether oxygens (including phenoxy) is 4. The first-order valence-corrected chi connectivity index (χ1v) is 9.31. The highest BCUT2D eigenvalue weighted by molar-refractivity contribution is 5.95. The van der Waals surface area contributed by atoms with Gasteiger partial charge in [-0.25, -0.2) is 4.79 Å². The van der Waals surface area contributed by atoms with E-state index in [2.05, 4.69) is 0 Å². The minimum atomic E-state index is -1.62. The average Bonchev–Trinajstić information content (AvgIpc) is 2.78. The van der Waals surface area contributed by atoms with Gasteiger partial charge in [-0.15, -0.1) is 0 Å². The molecule has 9 heteroatoms. The first-order chi connectivity index (χ1) is 14.5. The quantitative estimate of drug-likeness (QED) is 0.464. The number of aliphatic hydroxyl groups excluding tert-OH is 4. The van der Waals surface area contributed by atoms with E-state index in [-0.39, 0.29) is 23.7 Å². The van der Waals surface area contributed by atoms with Crippen molar-refractivity contribution < 1.29 is 44.2 Å². The topological polar surface area (TPSA) is 135 Å². The van der Waals surface area contributed by atoms with E-state index in [1.54, 1.807) is 24.3 Å². The van der Waals surface area contributed by atoms with Gasteiger partial charge in [0.15, 0.2) is 0 Å². The number of hydrogen-bond acceptors (Lipinski definition) is 9. The van der Waals surface area contributed by atoms with Crippen LogP contribution in [0.15, 0.2) is 48.5 Å². The van der Waals surface area contributed by atoms with Crippen molar-refractivity contribution >= 4 is 5.97 Å². The molecule has 9 nitrogen and oxygen atoms in total. The normalized spacial score (nSPS) is 26.1. The molecule has 0 radical (unpaired) electrons. The molecular weight excluding hydrogens is 396 g/mol. The highest BCUT2D eigenvalue weighted by Gasteiger charge is 2.45. The number of carbonyl (C=O) groups is 1. The minimum Gasteiger partial charge on any atom is -0.496 e. The Morgan fingerprint density at radius 3 is 2.33 bits per heavy atom. The van der Waals surface area contributed by atoms with Crippen molar-refractivity contribution in [3.63, 3.8) is 0 Å². The van der Waals surface area contributed by atoms with Crippen molar-refractivity contribution in [3.8, 4) is 11.5 Å². The van der Waals surface area contributed by atoms with Crippen LogP contribution in [0.3, 0.4) is 0 Å². The minimum absolute atomic E-state index is 0.0169. The maximum atomic E-state index is 12.8. The van der Waals surface area contributed by atoms with Crippen LogP contribution in [0.2, 0.25) is 0 Å². The van der Waals surface area contributed by atoms with E-state index < -0.39 is 43.3 Å². The summed E-state index contributed by atoms with van der Waals surface area (Å²) < 4.78 is 21.6. The smallest absolute Gasteiger partial charge is 0.346 e. The Bertz CT molecular complexity index is 840. The van der Waals surface area contributed by atoms with Crippen LogP contribution in [0, 0.1) is 0 Å². The molecule has 0 saturated carbocycles. The third kappa shape index (κ3) is 4.72. The van der Waals surface area contributed by atoms with E-state index in [1.807, 2.05) is 18.2 Å². The molecular formula is C21H24O9. The fourth-order valence-corrected chi connectivity index (χ4v) is 3.07. The lowest BCUT2D eigenvalue weighted by Crippen LogP contribution is -2.60. The lowest BCUT2D eigenvalue weighted by molar-refractivity contribution is -0.277. The molecule has 1 saturated heterocycles. The number of carbonyl (C=O) groups excluding carboxylic acids is 1. The van der Waals surface area contributed by atoms with Gasteiger partial charge in [-0.05, 0) is 17.7 Å². The van der Waals surface area contributed by atoms with E-state index in [1.165, 1.54) is 13.2 Å². The number of hydrogen-bond donors (Lipinski definition) is 4. The Labute approximate surface area is 173 Å². The first kappa shape index (κ1) is 22.0. The van der Waals surface area contributed by atoms with Crippen molar-refractivity contribution in [1.29, 1.82) is 0 Å². The van der Waals surface area contributed by atoms with E-state index in [9.17, 15) is 25.2 Å². The fourth-order valence-electron chi connectivity index (χ4n) is 3.07. The van der Waals surface area contributed by atoms with Crippen LogP contribution in [0.25, 0.3) is 0 Å². The maximum absolute atomic E-state index is 12.8. The second kappa shape index (κ2) is 9.88. The number of rotatable bonds is 7.